The van der Waals surface area contributed by atoms with E-state index < -0.39 is 0 Å². The van der Waals surface area contributed by atoms with Crippen molar-refractivity contribution < 1.29 is 0 Å². The van der Waals surface area contributed by atoms with Crippen molar-refractivity contribution in [2.75, 3.05) is 0 Å². The quantitative estimate of drug-likeness (QED) is 0.397. The van der Waals surface area contributed by atoms with Crippen molar-refractivity contribution in [2.24, 2.45) is 9.98 Å². The average Bonchev–Trinajstić information content (AvgIpc) is 2.34. The standard InChI is InChI=1S/C15H12I2N2/c1-10-3-5-14(12(16)7-10)18-9-19-15-6-4-11(2)8-13(15)17/h3-8H,1-2H3. The van der Waals surface area contributed by atoms with Gasteiger partial charge in [-0.2, -0.15) is 9.98 Å². The fourth-order valence-corrected chi connectivity index (χ4v) is 3.12. The molecule has 0 amide bonds. The van der Waals surface area contributed by atoms with Crippen molar-refractivity contribution >= 4 is 62.6 Å². The van der Waals surface area contributed by atoms with Gasteiger partial charge in [0.1, 0.15) is 6.01 Å². The highest BCUT2D eigenvalue weighted by molar-refractivity contribution is 14.1. The molecule has 96 valence electrons. The lowest BCUT2D eigenvalue weighted by atomic mass is 10.2. The molecule has 0 heterocycles. The van der Waals surface area contributed by atoms with Gasteiger partial charge < -0.3 is 0 Å². The smallest absolute Gasteiger partial charge is 0.101 e. The van der Waals surface area contributed by atoms with Gasteiger partial charge in [-0.05, 0) is 94.4 Å². The number of rotatable bonds is 2. The van der Waals surface area contributed by atoms with Crippen molar-refractivity contribution in [2.45, 2.75) is 13.8 Å². The lowest BCUT2D eigenvalue weighted by molar-refractivity contribution is 1.39. The second-order valence-corrected chi connectivity index (χ2v) is 6.56. The van der Waals surface area contributed by atoms with Gasteiger partial charge in [0.15, 0.2) is 0 Å². The average molecular weight is 474 g/mol. The van der Waals surface area contributed by atoms with Crippen molar-refractivity contribution in [1.82, 2.24) is 0 Å². The largest absolute Gasteiger partial charge is 0.186 e. The Morgan fingerprint density at radius 2 is 1.21 bits per heavy atom. The van der Waals surface area contributed by atoms with Gasteiger partial charge in [-0.1, -0.05) is 12.1 Å². The topological polar surface area (TPSA) is 24.7 Å². The fourth-order valence-electron chi connectivity index (χ4n) is 1.54. The molecule has 19 heavy (non-hydrogen) atoms. The molecule has 4 heteroatoms. The van der Waals surface area contributed by atoms with Crippen LogP contribution in [0.4, 0.5) is 11.4 Å². The molecule has 0 unspecified atom stereocenters. The highest BCUT2D eigenvalue weighted by Crippen LogP contribution is 2.23. The first-order valence-corrected chi connectivity index (χ1v) is 7.91. The summed E-state index contributed by atoms with van der Waals surface area (Å²) in [6.07, 6.45) is 0. The van der Waals surface area contributed by atoms with E-state index in [1.165, 1.54) is 11.1 Å². The summed E-state index contributed by atoms with van der Waals surface area (Å²) in [6.45, 7) is 4.14. The van der Waals surface area contributed by atoms with E-state index in [9.17, 15) is 0 Å². The molecule has 0 radical (unpaired) electrons. The zero-order chi connectivity index (χ0) is 13.8. The Hall–Kier alpha value is -0.720. The Bertz CT molecular complexity index is 616. The summed E-state index contributed by atoms with van der Waals surface area (Å²) in [6, 6.07) is 15.0. The Kier molecular flexibility index (Phi) is 5.13. The Balaban J connectivity index is 2.29. The molecule has 2 aromatic carbocycles. The first kappa shape index (κ1) is 14.7. The van der Waals surface area contributed by atoms with E-state index in [-0.39, 0.29) is 0 Å². The molecule has 0 atom stereocenters. The summed E-state index contributed by atoms with van der Waals surface area (Å²) >= 11 is 4.55. The Labute approximate surface area is 140 Å². The molecule has 0 bridgehead atoms. The van der Waals surface area contributed by atoms with E-state index in [2.05, 4.69) is 87.2 Å². The summed E-state index contributed by atoms with van der Waals surface area (Å²) in [5, 5.41) is 0. The zero-order valence-corrected chi connectivity index (χ0v) is 14.9. The number of aliphatic imine (C=N–C) groups is 2. The van der Waals surface area contributed by atoms with Crippen LogP contribution in [0.1, 0.15) is 11.1 Å². The van der Waals surface area contributed by atoms with Crippen molar-refractivity contribution in [3.63, 3.8) is 0 Å². The first-order chi connectivity index (χ1) is 9.06. The van der Waals surface area contributed by atoms with Crippen molar-refractivity contribution in [3.05, 3.63) is 54.7 Å². The van der Waals surface area contributed by atoms with Gasteiger partial charge in [0, 0.05) is 7.14 Å². The molecule has 0 fully saturated rings. The minimum absolute atomic E-state index is 0.900. The molecule has 0 N–H and O–H groups in total. The minimum Gasteiger partial charge on any atom is -0.186 e. The molecule has 2 nitrogen and oxygen atoms in total. The molecular weight excluding hydrogens is 462 g/mol. The van der Waals surface area contributed by atoms with E-state index in [0.29, 0.717) is 0 Å². The van der Waals surface area contributed by atoms with Gasteiger partial charge in [-0.3, -0.25) is 0 Å². The number of nitrogens with zero attached hydrogens (tertiary/aromatic N) is 2. The maximum Gasteiger partial charge on any atom is 0.101 e. The normalized spacial score (nSPS) is 9.89. The highest BCUT2D eigenvalue weighted by atomic mass is 127. The molecule has 0 spiro atoms. The van der Waals surface area contributed by atoms with Gasteiger partial charge in [0.25, 0.3) is 0 Å². The predicted molar refractivity (Wildman–Crippen MR) is 97.0 cm³/mol. The predicted octanol–water partition coefficient (Wildman–Crippen LogP) is 5.65. The van der Waals surface area contributed by atoms with E-state index in [4.69, 9.17) is 0 Å². The van der Waals surface area contributed by atoms with Crippen molar-refractivity contribution in [3.8, 4) is 0 Å². The number of hydrogen-bond acceptors (Lipinski definition) is 2. The maximum absolute atomic E-state index is 4.28. The van der Waals surface area contributed by atoms with Gasteiger partial charge >= 0.3 is 0 Å². The minimum atomic E-state index is 0.900. The van der Waals surface area contributed by atoms with Crippen LogP contribution in [0.25, 0.3) is 0 Å². The summed E-state index contributed by atoms with van der Waals surface area (Å²) < 4.78 is 2.22. The van der Waals surface area contributed by atoms with Crippen LogP contribution in [-0.2, 0) is 0 Å². The molecule has 0 saturated carbocycles. The van der Waals surface area contributed by atoms with Crippen LogP contribution < -0.4 is 0 Å². The second kappa shape index (κ2) is 6.63. The molecule has 0 aromatic heterocycles. The number of halogens is 2. The number of aryl methyl sites for hydroxylation is 2. The third-order valence-electron chi connectivity index (χ3n) is 2.55. The summed E-state index contributed by atoms with van der Waals surface area (Å²) in [5.74, 6) is 0. The monoisotopic (exact) mass is 474 g/mol. The molecule has 2 aromatic rings. The van der Waals surface area contributed by atoms with Gasteiger partial charge in [-0.15, -0.1) is 0 Å². The van der Waals surface area contributed by atoms with Crippen LogP contribution in [0.3, 0.4) is 0 Å². The third-order valence-corrected chi connectivity index (χ3v) is 4.28. The van der Waals surface area contributed by atoms with Crippen LogP contribution in [0.5, 0.6) is 0 Å². The van der Waals surface area contributed by atoms with Crippen LogP contribution >= 0.6 is 45.2 Å². The molecule has 0 aliphatic rings. The van der Waals surface area contributed by atoms with E-state index >= 15 is 0 Å². The van der Waals surface area contributed by atoms with Crippen LogP contribution in [0.2, 0.25) is 0 Å². The Morgan fingerprint density at radius 1 is 0.789 bits per heavy atom. The Morgan fingerprint density at radius 3 is 1.58 bits per heavy atom. The van der Waals surface area contributed by atoms with Gasteiger partial charge in [0.05, 0.1) is 11.4 Å². The van der Waals surface area contributed by atoms with E-state index in [1.807, 2.05) is 24.3 Å². The fraction of sp³-hybridized carbons (Fsp3) is 0.133. The number of benzene rings is 2. The van der Waals surface area contributed by atoms with Gasteiger partial charge in [0.2, 0.25) is 0 Å². The number of hydrogen-bond donors (Lipinski definition) is 0. The maximum atomic E-state index is 4.28. The molecule has 0 aliphatic heterocycles. The molecule has 2 rings (SSSR count). The highest BCUT2D eigenvalue weighted by Gasteiger charge is 1.98. The molecule has 0 saturated heterocycles. The molecule has 0 aliphatic carbocycles. The summed E-state index contributed by atoms with van der Waals surface area (Å²) in [4.78, 5) is 8.56. The SMILES string of the molecule is Cc1ccc(N=C=Nc2ccc(C)cc2I)c(I)c1. The lowest BCUT2D eigenvalue weighted by Crippen LogP contribution is -1.77. The third kappa shape index (κ3) is 4.12. The van der Waals surface area contributed by atoms with Crippen LogP contribution in [0.15, 0.2) is 46.4 Å². The second-order valence-electron chi connectivity index (χ2n) is 4.23. The molecular formula is C15H12I2N2. The van der Waals surface area contributed by atoms with Crippen LogP contribution in [0, 0.1) is 21.0 Å². The lowest BCUT2D eigenvalue weighted by Gasteiger charge is -1.98. The van der Waals surface area contributed by atoms with Crippen molar-refractivity contribution in [1.29, 1.82) is 0 Å². The first-order valence-electron chi connectivity index (χ1n) is 5.75. The summed E-state index contributed by atoms with van der Waals surface area (Å²) in [5.41, 5.74) is 4.26. The summed E-state index contributed by atoms with van der Waals surface area (Å²) in [7, 11) is 0. The van der Waals surface area contributed by atoms with Crippen LogP contribution in [-0.4, -0.2) is 6.01 Å². The van der Waals surface area contributed by atoms with E-state index in [1.54, 1.807) is 0 Å². The van der Waals surface area contributed by atoms with E-state index in [0.717, 1.165) is 18.5 Å². The van der Waals surface area contributed by atoms with Gasteiger partial charge in [-0.25, -0.2) is 0 Å². The zero-order valence-electron chi connectivity index (χ0n) is 10.6.